The third-order valence-electron chi connectivity index (χ3n) is 4.07. The molecule has 2 heterocycles. The molecule has 0 radical (unpaired) electrons. The molecule has 0 aliphatic carbocycles. The van der Waals surface area contributed by atoms with Crippen molar-refractivity contribution < 1.29 is 17.9 Å². The number of nitrogens with one attached hydrogen (secondary N) is 1. The number of ether oxygens (including phenoxy) is 1. The van der Waals surface area contributed by atoms with Gasteiger partial charge in [-0.05, 0) is 43.3 Å². The number of hydrogen-bond acceptors (Lipinski definition) is 6. The first-order valence-corrected chi connectivity index (χ1v) is 8.50. The third-order valence-corrected chi connectivity index (χ3v) is 4.07. The Morgan fingerprint density at radius 3 is 2.52 bits per heavy atom. The zero-order valence-electron chi connectivity index (χ0n) is 15.1. The van der Waals surface area contributed by atoms with Crippen LogP contribution in [0, 0.1) is 12.7 Å². The number of anilines is 3. The van der Waals surface area contributed by atoms with Crippen LogP contribution in [-0.4, -0.2) is 26.1 Å². The summed E-state index contributed by atoms with van der Waals surface area (Å²) in [6.45, 7) is -1.14. The molecule has 0 aliphatic heterocycles. The van der Waals surface area contributed by atoms with E-state index in [4.69, 9.17) is 5.73 Å². The molecule has 2 aromatic heterocycles. The lowest BCUT2D eigenvalue weighted by molar-refractivity contribution is -0.0498. The molecule has 0 fully saturated rings. The molecule has 0 aliphatic rings. The molecule has 7 nitrogen and oxygen atoms in total. The van der Waals surface area contributed by atoms with Crippen LogP contribution in [0.5, 0.6) is 5.75 Å². The van der Waals surface area contributed by atoms with E-state index in [1.807, 2.05) is 0 Å². The highest BCUT2D eigenvalue weighted by atomic mass is 19.3. The summed E-state index contributed by atoms with van der Waals surface area (Å²) in [6, 6.07) is 11.7. The predicted molar refractivity (Wildman–Crippen MR) is 102 cm³/mol. The average molecular weight is 400 g/mol. The second kappa shape index (κ2) is 7.30. The Labute approximate surface area is 163 Å². The van der Waals surface area contributed by atoms with E-state index in [2.05, 4.69) is 25.0 Å². The normalized spacial score (nSPS) is 11.2. The number of nitrogens with two attached hydrogens (primary N) is 1. The van der Waals surface area contributed by atoms with E-state index < -0.39 is 12.4 Å². The maximum absolute atomic E-state index is 13.7. The van der Waals surface area contributed by atoms with Crippen LogP contribution in [0.3, 0.4) is 0 Å². The summed E-state index contributed by atoms with van der Waals surface area (Å²) in [5, 5.41) is 3.02. The van der Waals surface area contributed by atoms with Gasteiger partial charge in [-0.1, -0.05) is 0 Å². The Bertz CT molecular complexity index is 1180. The van der Waals surface area contributed by atoms with Crippen molar-refractivity contribution in [1.82, 2.24) is 19.5 Å². The molecule has 4 aromatic rings. The van der Waals surface area contributed by atoms with Gasteiger partial charge in [0, 0.05) is 17.8 Å². The zero-order chi connectivity index (χ0) is 20.5. The summed E-state index contributed by atoms with van der Waals surface area (Å²) in [4.78, 5) is 13.0. The lowest BCUT2D eigenvalue weighted by atomic mass is 10.3. The van der Waals surface area contributed by atoms with Crippen LogP contribution in [0.2, 0.25) is 0 Å². The Kier molecular flexibility index (Phi) is 4.67. The van der Waals surface area contributed by atoms with Crippen LogP contribution in [-0.2, 0) is 0 Å². The van der Waals surface area contributed by atoms with Gasteiger partial charge in [0.15, 0.2) is 0 Å². The molecular weight excluding hydrogens is 385 g/mol. The summed E-state index contributed by atoms with van der Waals surface area (Å²) in [5.74, 6) is 0.967. The van der Waals surface area contributed by atoms with Gasteiger partial charge in [0.1, 0.15) is 29.0 Å². The molecule has 29 heavy (non-hydrogen) atoms. The van der Waals surface area contributed by atoms with E-state index in [-0.39, 0.29) is 17.5 Å². The fourth-order valence-electron chi connectivity index (χ4n) is 2.91. The van der Waals surface area contributed by atoms with Crippen LogP contribution >= 0.6 is 0 Å². The number of aromatic nitrogens is 4. The number of aryl methyl sites for hydroxylation is 1. The number of fused-ring (bicyclic) bond motifs is 1. The van der Waals surface area contributed by atoms with Crippen molar-refractivity contribution in [3.05, 3.63) is 60.2 Å². The Balaban J connectivity index is 1.69. The largest absolute Gasteiger partial charge is 0.435 e. The average Bonchev–Trinajstić information content (AvgIpc) is 2.97. The van der Waals surface area contributed by atoms with Crippen LogP contribution in [0.1, 0.15) is 5.82 Å². The van der Waals surface area contributed by atoms with Crippen molar-refractivity contribution in [2.45, 2.75) is 13.5 Å². The lowest BCUT2D eigenvalue weighted by Crippen LogP contribution is -2.08. The number of rotatable bonds is 5. The molecule has 0 unspecified atom stereocenters. The molecule has 3 N–H and O–H groups in total. The highest BCUT2D eigenvalue weighted by molar-refractivity contribution is 5.78. The Hall–Kier alpha value is -3.82. The van der Waals surface area contributed by atoms with E-state index >= 15 is 0 Å². The molecule has 0 saturated heterocycles. The minimum absolute atomic E-state index is 0.0379. The lowest BCUT2D eigenvalue weighted by Gasteiger charge is -2.11. The standard InChI is InChI=1S/C19H15F3N6O/c1-10-24-14-7-2-11(20)8-15(14)28(10)19-26-16(23)9-17(27-19)25-12-3-5-13(6-4-12)29-18(21)22/h2-9,18H,1H3,(H3,23,25,26,27). The second-order valence-corrected chi connectivity index (χ2v) is 6.13. The predicted octanol–water partition coefficient (Wildman–Crippen LogP) is 4.19. The highest BCUT2D eigenvalue weighted by Crippen LogP contribution is 2.24. The summed E-state index contributed by atoms with van der Waals surface area (Å²) >= 11 is 0. The van der Waals surface area contributed by atoms with E-state index in [1.165, 1.54) is 30.3 Å². The molecule has 0 saturated carbocycles. The topological polar surface area (TPSA) is 90.9 Å². The first kappa shape index (κ1) is 18.5. The number of halogens is 3. The molecular formula is C19H15F3N6O. The number of alkyl halides is 2. The van der Waals surface area contributed by atoms with Crippen LogP contribution in [0.15, 0.2) is 48.5 Å². The molecule has 148 valence electrons. The van der Waals surface area contributed by atoms with Gasteiger partial charge in [-0.2, -0.15) is 18.7 Å². The van der Waals surface area contributed by atoms with Crippen molar-refractivity contribution in [2.24, 2.45) is 0 Å². The van der Waals surface area contributed by atoms with Crippen LogP contribution in [0.25, 0.3) is 17.0 Å². The van der Waals surface area contributed by atoms with E-state index in [9.17, 15) is 13.2 Å². The van der Waals surface area contributed by atoms with Crippen molar-refractivity contribution in [3.63, 3.8) is 0 Å². The molecule has 4 rings (SSSR count). The van der Waals surface area contributed by atoms with E-state index in [0.717, 1.165) is 0 Å². The molecule has 0 atom stereocenters. The Morgan fingerprint density at radius 1 is 1.03 bits per heavy atom. The minimum atomic E-state index is -2.89. The van der Waals surface area contributed by atoms with Gasteiger partial charge in [-0.25, -0.2) is 9.37 Å². The van der Waals surface area contributed by atoms with Gasteiger partial charge < -0.3 is 15.8 Å². The molecule has 0 spiro atoms. The quantitative estimate of drug-likeness (QED) is 0.522. The maximum atomic E-state index is 13.7. The first-order valence-electron chi connectivity index (χ1n) is 8.50. The van der Waals surface area contributed by atoms with Gasteiger partial charge in [-0.3, -0.25) is 4.57 Å². The van der Waals surface area contributed by atoms with E-state index in [1.54, 1.807) is 29.7 Å². The number of imidazole rings is 1. The van der Waals surface area contributed by atoms with Crippen molar-refractivity contribution in [3.8, 4) is 11.7 Å². The Morgan fingerprint density at radius 2 is 1.79 bits per heavy atom. The van der Waals surface area contributed by atoms with Gasteiger partial charge in [0.2, 0.25) is 5.95 Å². The SMILES string of the molecule is Cc1nc2ccc(F)cc2n1-c1nc(N)cc(Nc2ccc(OC(F)F)cc2)n1. The van der Waals surface area contributed by atoms with Gasteiger partial charge >= 0.3 is 6.61 Å². The highest BCUT2D eigenvalue weighted by Gasteiger charge is 2.14. The number of nitrogens with zero attached hydrogens (tertiary/aromatic N) is 4. The molecule has 2 aromatic carbocycles. The maximum Gasteiger partial charge on any atom is 0.387 e. The molecule has 0 amide bonds. The minimum Gasteiger partial charge on any atom is -0.435 e. The summed E-state index contributed by atoms with van der Waals surface area (Å²) < 4.78 is 44.2. The van der Waals surface area contributed by atoms with Gasteiger partial charge in [0.05, 0.1) is 11.0 Å². The first-order chi connectivity index (χ1) is 13.9. The van der Waals surface area contributed by atoms with Gasteiger partial charge in [-0.15, -0.1) is 0 Å². The van der Waals surface area contributed by atoms with Crippen molar-refractivity contribution >= 4 is 28.4 Å². The summed E-state index contributed by atoms with van der Waals surface area (Å²) in [6.07, 6.45) is 0. The van der Waals surface area contributed by atoms with Crippen LogP contribution < -0.4 is 15.8 Å². The molecule has 0 bridgehead atoms. The fourth-order valence-corrected chi connectivity index (χ4v) is 2.91. The van der Waals surface area contributed by atoms with Gasteiger partial charge in [0.25, 0.3) is 0 Å². The van der Waals surface area contributed by atoms with Crippen LogP contribution in [0.4, 0.5) is 30.5 Å². The number of hydrogen-bond donors (Lipinski definition) is 2. The van der Waals surface area contributed by atoms with Crippen molar-refractivity contribution in [1.29, 1.82) is 0 Å². The fraction of sp³-hybridized carbons (Fsp3) is 0.105. The number of nitrogen functional groups attached to an aromatic ring is 1. The monoisotopic (exact) mass is 400 g/mol. The smallest absolute Gasteiger partial charge is 0.387 e. The summed E-state index contributed by atoms with van der Waals surface area (Å²) in [5.41, 5.74) is 7.60. The van der Waals surface area contributed by atoms with E-state index in [0.29, 0.717) is 28.4 Å². The zero-order valence-corrected chi connectivity index (χ0v) is 15.1. The second-order valence-electron chi connectivity index (χ2n) is 6.13. The van der Waals surface area contributed by atoms with Crippen molar-refractivity contribution in [2.75, 3.05) is 11.1 Å². The third kappa shape index (κ3) is 3.91. The summed E-state index contributed by atoms with van der Waals surface area (Å²) in [7, 11) is 0. The number of benzene rings is 2. The molecule has 10 heteroatoms.